The van der Waals surface area contributed by atoms with Crippen molar-refractivity contribution in [1.29, 1.82) is 5.41 Å². The van der Waals surface area contributed by atoms with Gasteiger partial charge in [0.25, 0.3) is 0 Å². The van der Waals surface area contributed by atoms with Gasteiger partial charge < -0.3 is 11.1 Å². The van der Waals surface area contributed by atoms with Crippen molar-refractivity contribution in [3.8, 4) is 0 Å². The van der Waals surface area contributed by atoms with Crippen LogP contribution in [0.15, 0.2) is 0 Å². The molecule has 0 heterocycles. The Morgan fingerprint density at radius 3 is 2.50 bits per heavy atom. The maximum Gasteiger partial charge on any atom is 0.0178 e. The number of nitrogens with one attached hydrogen (secondary N) is 1. The Morgan fingerprint density at radius 1 is 2.00 bits per heavy atom. The van der Waals surface area contributed by atoms with Gasteiger partial charge in [0.05, 0.1) is 0 Å². The van der Waals surface area contributed by atoms with Crippen LogP contribution in [0.25, 0.3) is 0 Å². The van der Waals surface area contributed by atoms with Gasteiger partial charge in [-0.1, -0.05) is 0 Å². The molecule has 0 saturated heterocycles. The second-order valence-electron chi connectivity index (χ2n) is 1.12. The molecule has 0 spiro atoms. The van der Waals surface area contributed by atoms with Crippen molar-refractivity contribution in [1.82, 2.24) is 0 Å². The Morgan fingerprint density at radius 2 is 2.50 bits per heavy atom. The number of rotatable bonds is 2. The second-order valence-corrected chi connectivity index (χ2v) is 1.12. The molecule has 1 radical (unpaired) electrons. The van der Waals surface area contributed by atoms with Crippen molar-refractivity contribution >= 4 is 5.71 Å². The van der Waals surface area contributed by atoms with E-state index < -0.39 is 0 Å². The Hall–Kier alpha value is -0.370. The lowest BCUT2D eigenvalue weighted by Crippen LogP contribution is -2.04. The number of hydrogen-bond donors (Lipinski definition) is 2. The van der Waals surface area contributed by atoms with E-state index in [0.29, 0.717) is 12.3 Å². The highest BCUT2D eigenvalue weighted by Gasteiger charge is 1.79. The zero-order valence-corrected chi connectivity index (χ0v) is 3.86. The van der Waals surface area contributed by atoms with E-state index in [4.69, 9.17) is 11.1 Å². The molecule has 0 aliphatic carbocycles. The number of nitrogens with two attached hydrogens (primary N) is 1. The molecule has 0 aliphatic rings. The highest BCUT2D eigenvalue weighted by Crippen LogP contribution is 1.70. The van der Waals surface area contributed by atoms with Gasteiger partial charge in [0.2, 0.25) is 0 Å². The molecule has 35 valence electrons. The summed E-state index contributed by atoms with van der Waals surface area (Å²) in [6, 6.07) is 0. The van der Waals surface area contributed by atoms with Crippen molar-refractivity contribution in [2.24, 2.45) is 5.73 Å². The fraction of sp³-hybridized carbons (Fsp3) is 0.500. The lowest BCUT2D eigenvalue weighted by molar-refractivity contribution is 1.19. The Bertz CT molecular complexity index is 49.5. The average Bonchev–Trinajstić information content (AvgIpc) is 1.35. The Kier molecular flexibility index (Phi) is 2.67. The molecule has 0 bridgehead atoms. The van der Waals surface area contributed by atoms with Crippen LogP contribution in [0, 0.1) is 11.8 Å². The van der Waals surface area contributed by atoms with Crippen LogP contribution in [-0.4, -0.2) is 12.3 Å². The first kappa shape index (κ1) is 5.63. The van der Waals surface area contributed by atoms with Crippen LogP contribution in [0.5, 0.6) is 0 Å². The van der Waals surface area contributed by atoms with E-state index in [9.17, 15) is 0 Å². The third-order valence-electron chi connectivity index (χ3n) is 0.424. The summed E-state index contributed by atoms with van der Waals surface area (Å²) in [7, 11) is 0. The van der Waals surface area contributed by atoms with Crippen LogP contribution in [0.2, 0.25) is 0 Å². The summed E-state index contributed by atoms with van der Waals surface area (Å²) in [4.78, 5) is 0. The first-order valence-electron chi connectivity index (χ1n) is 1.86. The SMILES string of the molecule is CC(=N)[CH]CN. The fourth-order valence-corrected chi connectivity index (χ4v) is 0.177. The van der Waals surface area contributed by atoms with Crippen molar-refractivity contribution in [2.45, 2.75) is 6.92 Å². The molecule has 0 aromatic carbocycles. The van der Waals surface area contributed by atoms with Crippen LogP contribution in [-0.2, 0) is 0 Å². The van der Waals surface area contributed by atoms with Crippen molar-refractivity contribution in [3.05, 3.63) is 6.42 Å². The van der Waals surface area contributed by atoms with Crippen LogP contribution in [0.3, 0.4) is 0 Å². The molecule has 2 nitrogen and oxygen atoms in total. The van der Waals surface area contributed by atoms with Crippen molar-refractivity contribution < 1.29 is 0 Å². The minimum atomic E-state index is 0.481. The van der Waals surface area contributed by atoms with Crippen LogP contribution in [0.4, 0.5) is 0 Å². The van der Waals surface area contributed by atoms with Crippen molar-refractivity contribution in [3.63, 3.8) is 0 Å². The van der Waals surface area contributed by atoms with E-state index in [1.165, 1.54) is 0 Å². The van der Waals surface area contributed by atoms with Crippen LogP contribution in [0.1, 0.15) is 6.92 Å². The summed E-state index contributed by atoms with van der Waals surface area (Å²) in [5, 5.41) is 6.76. The lowest BCUT2D eigenvalue weighted by Gasteiger charge is -1.84. The molecule has 0 amide bonds. The smallest absolute Gasteiger partial charge is 0.0178 e. The monoisotopic (exact) mass is 85.1 g/mol. The predicted molar refractivity (Wildman–Crippen MR) is 26.8 cm³/mol. The standard InChI is InChI=1S/C4H9N2/c1-4(6)2-3-5/h2,6H,3,5H2,1H3. The van der Waals surface area contributed by atoms with Crippen molar-refractivity contribution in [2.75, 3.05) is 6.54 Å². The molecule has 0 unspecified atom stereocenters. The molecule has 0 atom stereocenters. The summed E-state index contributed by atoms with van der Waals surface area (Å²) in [5.74, 6) is 0. The topological polar surface area (TPSA) is 49.9 Å². The summed E-state index contributed by atoms with van der Waals surface area (Å²) in [6.45, 7) is 2.18. The zero-order chi connectivity index (χ0) is 4.99. The molecule has 0 saturated carbocycles. The molecule has 6 heavy (non-hydrogen) atoms. The normalized spacial score (nSPS) is 8.33. The third-order valence-corrected chi connectivity index (χ3v) is 0.424. The highest BCUT2D eigenvalue weighted by atomic mass is 14.5. The predicted octanol–water partition coefficient (Wildman–Crippen LogP) is 0.189. The second kappa shape index (κ2) is 2.85. The molecule has 0 aliphatic heterocycles. The molecular formula is C4H9N2. The largest absolute Gasteiger partial charge is 0.330 e. The molecule has 3 N–H and O–H groups in total. The number of hydrogen-bond acceptors (Lipinski definition) is 2. The highest BCUT2D eigenvalue weighted by molar-refractivity contribution is 5.87. The van der Waals surface area contributed by atoms with Gasteiger partial charge in [-0.25, -0.2) is 0 Å². The van der Waals surface area contributed by atoms with E-state index in [2.05, 4.69) is 0 Å². The van der Waals surface area contributed by atoms with E-state index >= 15 is 0 Å². The summed E-state index contributed by atoms with van der Waals surface area (Å²) < 4.78 is 0. The van der Waals surface area contributed by atoms with Gasteiger partial charge in [-0.3, -0.25) is 0 Å². The van der Waals surface area contributed by atoms with Gasteiger partial charge in [0.1, 0.15) is 0 Å². The average molecular weight is 85.1 g/mol. The zero-order valence-electron chi connectivity index (χ0n) is 3.86. The summed E-state index contributed by atoms with van der Waals surface area (Å²) in [6.07, 6.45) is 1.65. The van der Waals surface area contributed by atoms with Crippen LogP contribution >= 0.6 is 0 Å². The minimum absolute atomic E-state index is 0.481. The molecule has 2 heteroatoms. The first-order chi connectivity index (χ1) is 2.77. The Labute approximate surface area is 37.9 Å². The van der Waals surface area contributed by atoms with E-state index in [0.717, 1.165) is 0 Å². The van der Waals surface area contributed by atoms with Gasteiger partial charge in [0.15, 0.2) is 0 Å². The fourth-order valence-electron chi connectivity index (χ4n) is 0.177. The lowest BCUT2D eigenvalue weighted by atomic mass is 10.3. The van der Waals surface area contributed by atoms with E-state index in [1.807, 2.05) is 0 Å². The molecule has 0 rings (SSSR count). The molecular weight excluding hydrogens is 76.1 g/mol. The quantitative estimate of drug-likeness (QED) is 0.462. The third kappa shape index (κ3) is 3.63. The van der Waals surface area contributed by atoms with Gasteiger partial charge in [-0.15, -0.1) is 0 Å². The molecule has 0 aromatic heterocycles. The van der Waals surface area contributed by atoms with Gasteiger partial charge in [-0.2, -0.15) is 0 Å². The van der Waals surface area contributed by atoms with Gasteiger partial charge in [-0.05, 0) is 6.92 Å². The molecule has 0 fully saturated rings. The maximum atomic E-state index is 6.76. The minimum Gasteiger partial charge on any atom is -0.330 e. The first-order valence-corrected chi connectivity index (χ1v) is 1.86. The summed E-state index contributed by atoms with van der Waals surface area (Å²) >= 11 is 0. The van der Waals surface area contributed by atoms with Crippen LogP contribution < -0.4 is 5.73 Å². The Balaban J connectivity index is 2.83. The van der Waals surface area contributed by atoms with E-state index in [1.54, 1.807) is 13.3 Å². The van der Waals surface area contributed by atoms with E-state index in [-0.39, 0.29) is 0 Å². The summed E-state index contributed by atoms with van der Waals surface area (Å²) in [5.41, 5.74) is 5.57. The van der Waals surface area contributed by atoms with Gasteiger partial charge >= 0.3 is 0 Å². The molecule has 0 aromatic rings. The maximum absolute atomic E-state index is 6.76. The van der Waals surface area contributed by atoms with Gasteiger partial charge in [0, 0.05) is 18.7 Å².